The van der Waals surface area contributed by atoms with Crippen molar-refractivity contribution < 1.29 is 24.0 Å². The van der Waals surface area contributed by atoms with Gasteiger partial charge in [-0.3, -0.25) is 19.7 Å². The van der Waals surface area contributed by atoms with Crippen LogP contribution in [0, 0.1) is 16.0 Å². The van der Waals surface area contributed by atoms with E-state index in [1.54, 1.807) is 31.2 Å². The van der Waals surface area contributed by atoms with Crippen molar-refractivity contribution in [3.8, 4) is 5.75 Å². The van der Waals surface area contributed by atoms with Gasteiger partial charge in [0.15, 0.2) is 6.61 Å². The van der Waals surface area contributed by atoms with E-state index in [0.717, 1.165) is 5.56 Å². The first-order chi connectivity index (χ1) is 12.9. The van der Waals surface area contributed by atoms with Crippen LogP contribution in [-0.4, -0.2) is 30.5 Å². The van der Waals surface area contributed by atoms with E-state index in [2.05, 4.69) is 5.32 Å². The minimum absolute atomic E-state index is 0.130. The van der Waals surface area contributed by atoms with Crippen LogP contribution in [0.2, 0.25) is 0 Å². The number of nitro groups is 1. The van der Waals surface area contributed by atoms with Crippen LogP contribution in [0.15, 0.2) is 54.6 Å². The summed E-state index contributed by atoms with van der Waals surface area (Å²) in [4.78, 5) is 34.5. The van der Waals surface area contributed by atoms with Crippen LogP contribution in [0.3, 0.4) is 0 Å². The maximum absolute atomic E-state index is 12.3. The number of carbonyl (C=O) groups excluding carboxylic acids is 2. The third kappa shape index (κ3) is 5.53. The third-order valence-electron chi connectivity index (χ3n) is 3.95. The molecule has 0 bridgehead atoms. The number of rotatable bonds is 8. The maximum Gasteiger partial charge on any atom is 0.310 e. The Bertz CT molecular complexity index is 809. The fraction of sp³-hybridized carbons (Fsp3) is 0.263. The fourth-order valence-electron chi connectivity index (χ4n) is 2.53. The zero-order valence-electron chi connectivity index (χ0n) is 15.0. The average molecular weight is 372 g/mol. The van der Waals surface area contributed by atoms with Gasteiger partial charge >= 0.3 is 5.97 Å². The van der Waals surface area contributed by atoms with Gasteiger partial charge in [0, 0.05) is 6.07 Å². The minimum Gasteiger partial charge on any atom is -0.484 e. The molecule has 8 heteroatoms. The number of hydrogen-bond acceptors (Lipinski definition) is 6. The van der Waals surface area contributed by atoms with Crippen LogP contribution >= 0.6 is 0 Å². The van der Waals surface area contributed by atoms with Crippen molar-refractivity contribution in [2.24, 2.45) is 5.92 Å². The number of ether oxygens (including phenoxy) is 2. The number of nitrogens with one attached hydrogen (secondary N) is 1. The highest BCUT2D eigenvalue weighted by Crippen LogP contribution is 2.23. The lowest BCUT2D eigenvalue weighted by atomic mass is 9.94. The van der Waals surface area contributed by atoms with Crippen LogP contribution < -0.4 is 10.1 Å². The molecule has 0 radical (unpaired) electrons. The second-order valence-corrected chi connectivity index (χ2v) is 5.81. The van der Waals surface area contributed by atoms with Crippen LogP contribution in [0.25, 0.3) is 0 Å². The van der Waals surface area contributed by atoms with E-state index in [4.69, 9.17) is 9.47 Å². The van der Waals surface area contributed by atoms with E-state index in [1.165, 1.54) is 31.4 Å². The summed E-state index contributed by atoms with van der Waals surface area (Å²) in [6.07, 6.45) is 0. The van der Waals surface area contributed by atoms with E-state index < -0.39 is 28.8 Å². The number of non-ortho nitro benzene ring substituents is 1. The highest BCUT2D eigenvalue weighted by molar-refractivity contribution is 5.80. The van der Waals surface area contributed by atoms with Crippen LogP contribution in [0.5, 0.6) is 5.75 Å². The van der Waals surface area contributed by atoms with Gasteiger partial charge in [0.05, 0.1) is 30.1 Å². The molecule has 2 atom stereocenters. The summed E-state index contributed by atoms with van der Waals surface area (Å²) < 4.78 is 10.1. The fourth-order valence-corrected chi connectivity index (χ4v) is 2.53. The number of amides is 1. The summed E-state index contributed by atoms with van der Waals surface area (Å²) in [5.41, 5.74) is 0.619. The van der Waals surface area contributed by atoms with Gasteiger partial charge in [-0.05, 0) is 18.6 Å². The highest BCUT2D eigenvalue weighted by Gasteiger charge is 2.27. The predicted molar refractivity (Wildman–Crippen MR) is 97.1 cm³/mol. The largest absolute Gasteiger partial charge is 0.484 e. The predicted octanol–water partition coefficient (Wildman–Crippen LogP) is 2.64. The molecule has 0 fully saturated rings. The molecule has 0 aliphatic heterocycles. The van der Waals surface area contributed by atoms with Crippen molar-refractivity contribution in [3.05, 3.63) is 70.3 Å². The Morgan fingerprint density at radius 3 is 2.48 bits per heavy atom. The summed E-state index contributed by atoms with van der Waals surface area (Å²) in [5, 5.41) is 13.5. The zero-order valence-corrected chi connectivity index (χ0v) is 15.0. The molecule has 27 heavy (non-hydrogen) atoms. The first-order valence-electron chi connectivity index (χ1n) is 8.21. The Morgan fingerprint density at radius 1 is 1.15 bits per heavy atom. The summed E-state index contributed by atoms with van der Waals surface area (Å²) in [6, 6.07) is 14.0. The van der Waals surface area contributed by atoms with Crippen molar-refractivity contribution in [2.75, 3.05) is 13.7 Å². The lowest BCUT2D eigenvalue weighted by molar-refractivity contribution is -0.384. The van der Waals surface area contributed by atoms with Gasteiger partial charge in [0.1, 0.15) is 5.75 Å². The summed E-state index contributed by atoms with van der Waals surface area (Å²) in [5.74, 6) is -1.33. The first kappa shape index (κ1) is 19.9. The Hall–Kier alpha value is -3.42. The van der Waals surface area contributed by atoms with Crippen LogP contribution in [0.1, 0.15) is 18.5 Å². The number of benzene rings is 2. The van der Waals surface area contributed by atoms with Crippen molar-refractivity contribution in [1.82, 2.24) is 5.32 Å². The standard InChI is InChI=1S/C19H20N2O6/c1-13(19(23)26-2)18(14-7-4-3-5-8-14)20-17(22)12-27-16-10-6-9-15(11-16)21(24)25/h3-11,13,18H,12H2,1-2H3,(H,20,22)/t13-,18-/m1/s1. The monoisotopic (exact) mass is 372 g/mol. The molecule has 0 saturated heterocycles. The number of hydrogen-bond donors (Lipinski definition) is 1. The molecule has 0 aromatic heterocycles. The maximum atomic E-state index is 12.3. The lowest BCUT2D eigenvalue weighted by Crippen LogP contribution is -2.38. The topological polar surface area (TPSA) is 108 Å². The molecular formula is C19H20N2O6. The normalized spacial score (nSPS) is 12.5. The van der Waals surface area contributed by atoms with Gasteiger partial charge < -0.3 is 14.8 Å². The minimum atomic E-state index is -0.612. The Morgan fingerprint density at radius 2 is 1.85 bits per heavy atom. The summed E-state index contributed by atoms with van der Waals surface area (Å²) in [6.45, 7) is 1.31. The van der Waals surface area contributed by atoms with E-state index >= 15 is 0 Å². The Labute approximate surface area is 156 Å². The molecule has 142 valence electrons. The molecule has 2 aromatic carbocycles. The molecule has 0 saturated carbocycles. The lowest BCUT2D eigenvalue weighted by Gasteiger charge is -2.24. The van der Waals surface area contributed by atoms with Gasteiger partial charge in [-0.2, -0.15) is 0 Å². The molecule has 8 nitrogen and oxygen atoms in total. The molecule has 0 heterocycles. The number of nitro benzene ring substituents is 1. The second kappa shape index (κ2) is 9.33. The summed E-state index contributed by atoms with van der Waals surface area (Å²) >= 11 is 0. The van der Waals surface area contributed by atoms with Gasteiger partial charge in [-0.25, -0.2) is 0 Å². The van der Waals surface area contributed by atoms with Crippen LogP contribution in [0.4, 0.5) is 5.69 Å². The second-order valence-electron chi connectivity index (χ2n) is 5.81. The Kier molecular flexibility index (Phi) is 6.87. The van der Waals surface area contributed by atoms with E-state index in [1.807, 2.05) is 6.07 Å². The average Bonchev–Trinajstić information content (AvgIpc) is 2.70. The van der Waals surface area contributed by atoms with Gasteiger partial charge in [0.2, 0.25) is 0 Å². The van der Waals surface area contributed by atoms with Crippen LogP contribution in [-0.2, 0) is 14.3 Å². The van der Waals surface area contributed by atoms with Crippen molar-refractivity contribution >= 4 is 17.6 Å². The Balaban J connectivity index is 2.06. The van der Waals surface area contributed by atoms with Crippen molar-refractivity contribution in [1.29, 1.82) is 0 Å². The van der Waals surface area contributed by atoms with Gasteiger partial charge in [-0.15, -0.1) is 0 Å². The molecule has 0 aliphatic rings. The smallest absolute Gasteiger partial charge is 0.310 e. The summed E-state index contributed by atoms with van der Waals surface area (Å²) in [7, 11) is 1.29. The van der Waals surface area contributed by atoms with Gasteiger partial charge in [0.25, 0.3) is 11.6 Å². The SMILES string of the molecule is COC(=O)[C@H](C)[C@@H](NC(=O)COc1cccc([N+](=O)[O-])c1)c1ccccc1. The van der Waals surface area contributed by atoms with E-state index in [9.17, 15) is 19.7 Å². The number of carbonyl (C=O) groups is 2. The molecular weight excluding hydrogens is 352 g/mol. The molecule has 1 N–H and O–H groups in total. The number of methoxy groups -OCH3 is 1. The van der Waals surface area contributed by atoms with Crippen molar-refractivity contribution in [3.63, 3.8) is 0 Å². The molecule has 0 aliphatic carbocycles. The van der Waals surface area contributed by atoms with Gasteiger partial charge in [-0.1, -0.05) is 36.4 Å². The first-order valence-corrected chi connectivity index (χ1v) is 8.21. The van der Waals surface area contributed by atoms with Crippen molar-refractivity contribution in [2.45, 2.75) is 13.0 Å². The molecule has 2 aromatic rings. The number of esters is 1. The highest BCUT2D eigenvalue weighted by atomic mass is 16.6. The van der Waals surface area contributed by atoms with E-state index in [-0.39, 0.29) is 18.0 Å². The number of nitrogens with zero attached hydrogens (tertiary/aromatic N) is 1. The molecule has 0 spiro atoms. The molecule has 0 unspecified atom stereocenters. The zero-order chi connectivity index (χ0) is 19.8. The molecule has 1 amide bonds. The van der Waals surface area contributed by atoms with E-state index in [0.29, 0.717) is 0 Å². The molecule has 2 rings (SSSR count). The quantitative estimate of drug-likeness (QED) is 0.434. The third-order valence-corrected chi connectivity index (χ3v) is 3.95.